The number of halogens is 2. The standard InChI is InChI=1S/C14H19BrFNO/c1-2-9-3-5-11(6-4-9)18-14-12(15)7-10(16)8-13(14)17/h7-9,11H,2-6,17H2,1H3. The minimum Gasteiger partial charge on any atom is -0.487 e. The maximum Gasteiger partial charge on any atom is 0.156 e. The summed E-state index contributed by atoms with van der Waals surface area (Å²) in [6.45, 7) is 2.24. The van der Waals surface area contributed by atoms with Crippen molar-refractivity contribution in [3.05, 3.63) is 22.4 Å². The Labute approximate surface area is 116 Å². The van der Waals surface area contributed by atoms with E-state index < -0.39 is 0 Å². The van der Waals surface area contributed by atoms with Crippen LogP contribution in [-0.4, -0.2) is 6.10 Å². The maximum atomic E-state index is 13.1. The molecule has 0 unspecified atom stereocenters. The van der Waals surface area contributed by atoms with E-state index >= 15 is 0 Å². The first-order valence-corrected chi connectivity index (χ1v) is 7.30. The van der Waals surface area contributed by atoms with Crippen LogP contribution in [0.15, 0.2) is 16.6 Å². The fourth-order valence-corrected chi connectivity index (χ4v) is 3.07. The molecule has 1 aromatic carbocycles. The quantitative estimate of drug-likeness (QED) is 0.832. The van der Waals surface area contributed by atoms with E-state index in [1.54, 1.807) is 0 Å². The third kappa shape index (κ3) is 3.16. The van der Waals surface area contributed by atoms with Crippen molar-refractivity contribution in [2.75, 3.05) is 5.73 Å². The molecule has 0 radical (unpaired) electrons. The van der Waals surface area contributed by atoms with Gasteiger partial charge >= 0.3 is 0 Å². The van der Waals surface area contributed by atoms with Gasteiger partial charge in [-0.1, -0.05) is 13.3 Å². The smallest absolute Gasteiger partial charge is 0.156 e. The van der Waals surface area contributed by atoms with Crippen LogP contribution >= 0.6 is 15.9 Å². The molecule has 0 bridgehead atoms. The zero-order valence-electron chi connectivity index (χ0n) is 10.6. The van der Waals surface area contributed by atoms with Crippen LogP contribution in [0.4, 0.5) is 10.1 Å². The van der Waals surface area contributed by atoms with Gasteiger partial charge in [-0.15, -0.1) is 0 Å². The molecule has 0 aromatic heterocycles. The Hall–Kier alpha value is -0.770. The molecule has 18 heavy (non-hydrogen) atoms. The van der Waals surface area contributed by atoms with Gasteiger partial charge in [-0.25, -0.2) is 4.39 Å². The number of nitrogen functional groups attached to an aromatic ring is 1. The number of hydrogen-bond donors (Lipinski definition) is 1. The van der Waals surface area contributed by atoms with Gasteiger partial charge in [-0.05, 0) is 53.6 Å². The molecule has 0 heterocycles. The van der Waals surface area contributed by atoms with Gasteiger partial charge in [0.1, 0.15) is 5.82 Å². The number of ether oxygens (including phenoxy) is 1. The van der Waals surface area contributed by atoms with Crippen molar-refractivity contribution < 1.29 is 9.13 Å². The number of rotatable bonds is 3. The number of anilines is 1. The summed E-state index contributed by atoms with van der Waals surface area (Å²) >= 11 is 3.31. The van der Waals surface area contributed by atoms with Crippen molar-refractivity contribution in [3.63, 3.8) is 0 Å². The van der Waals surface area contributed by atoms with Gasteiger partial charge in [0.2, 0.25) is 0 Å². The van der Waals surface area contributed by atoms with Crippen LogP contribution in [0.2, 0.25) is 0 Å². The second-order valence-electron chi connectivity index (χ2n) is 4.97. The molecule has 4 heteroatoms. The van der Waals surface area contributed by atoms with Crippen LogP contribution in [0.25, 0.3) is 0 Å². The maximum absolute atomic E-state index is 13.1. The number of benzene rings is 1. The van der Waals surface area contributed by atoms with Crippen LogP contribution in [0, 0.1) is 11.7 Å². The molecule has 100 valence electrons. The van der Waals surface area contributed by atoms with Crippen LogP contribution in [-0.2, 0) is 0 Å². The molecule has 0 spiro atoms. The van der Waals surface area contributed by atoms with E-state index in [-0.39, 0.29) is 11.9 Å². The summed E-state index contributed by atoms with van der Waals surface area (Å²) in [4.78, 5) is 0. The second kappa shape index (κ2) is 5.91. The summed E-state index contributed by atoms with van der Waals surface area (Å²) in [5.74, 6) is 1.07. The van der Waals surface area contributed by atoms with Gasteiger partial charge in [0, 0.05) is 6.07 Å². The van der Waals surface area contributed by atoms with Crippen molar-refractivity contribution in [2.24, 2.45) is 5.92 Å². The summed E-state index contributed by atoms with van der Waals surface area (Å²) in [6, 6.07) is 2.70. The van der Waals surface area contributed by atoms with Gasteiger partial charge < -0.3 is 10.5 Å². The number of hydrogen-bond acceptors (Lipinski definition) is 2. The molecule has 0 atom stereocenters. The molecule has 1 aliphatic carbocycles. The van der Waals surface area contributed by atoms with Crippen molar-refractivity contribution in [1.29, 1.82) is 0 Å². The zero-order valence-corrected chi connectivity index (χ0v) is 12.2. The van der Waals surface area contributed by atoms with Gasteiger partial charge in [-0.3, -0.25) is 0 Å². The highest BCUT2D eigenvalue weighted by atomic mass is 79.9. The van der Waals surface area contributed by atoms with Crippen molar-refractivity contribution in [1.82, 2.24) is 0 Å². The van der Waals surface area contributed by atoms with Crippen molar-refractivity contribution in [2.45, 2.75) is 45.1 Å². The lowest BCUT2D eigenvalue weighted by Gasteiger charge is -2.29. The Balaban J connectivity index is 2.02. The van der Waals surface area contributed by atoms with Gasteiger partial charge in [-0.2, -0.15) is 0 Å². The van der Waals surface area contributed by atoms with E-state index in [2.05, 4.69) is 22.9 Å². The third-order valence-electron chi connectivity index (χ3n) is 3.69. The average molecular weight is 316 g/mol. The second-order valence-corrected chi connectivity index (χ2v) is 5.83. The number of nitrogens with two attached hydrogens (primary N) is 1. The summed E-state index contributed by atoms with van der Waals surface area (Å²) in [5, 5.41) is 0. The first-order chi connectivity index (χ1) is 8.60. The molecule has 2 N–H and O–H groups in total. The Morgan fingerprint density at radius 1 is 1.33 bits per heavy atom. The van der Waals surface area contributed by atoms with E-state index in [1.165, 1.54) is 31.4 Å². The van der Waals surface area contributed by atoms with E-state index in [1.807, 2.05) is 0 Å². The highest BCUT2D eigenvalue weighted by Crippen LogP contribution is 2.36. The minimum atomic E-state index is -0.346. The molecule has 1 saturated carbocycles. The van der Waals surface area contributed by atoms with Crippen LogP contribution in [0.5, 0.6) is 5.75 Å². The summed E-state index contributed by atoms with van der Waals surface area (Å²) in [7, 11) is 0. The largest absolute Gasteiger partial charge is 0.487 e. The summed E-state index contributed by atoms with van der Waals surface area (Å²) in [6.07, 6.45) is 5.98. The topological polar surface area (TPSA) is 35.2 Å². The monoisotopic (exact) mass is 315 g/mol. The zero-order chi connectivity index (χ0) is 13.1. The average Bonchev–Trinajstić information content (AvgIpc) is 2.34. The van der Waals surface area contributed by atoms with E-state index in [0.717, 1.165) is 18.8 Å². The van der Waals surface area contributed by atoms with Gasteiger partial charge in [0.15, 0.2) is 5.75 Å². The predicted molar refractivity (Wildman–Crippen MR) is 75.2 cm³/mol. The first kappa shape index (κ1) is 13.7. The van der Waals surface area contributed by atoms with E-state index in [9.17, 15) is 4.39 Å². The summed E-state index contributed by atoms with van der Waals surface area (Å²) < 4.78 is 19.6. The third-order valence-corrected chi connectivity index (χ3v) is 4.28. The molecule has 0 aliphatic heterocycles. The molecule has 0 saturated heterocycles. The Morgan fingerprint density at radius 2 is 2.00 bits per heavy atom. The molecular formula is C14H19BrFNO. The van der Waals surface area contributed by atoms with Crippen molar-refractivity contribution in [3.8, 4) is 5.75 Å². The molecule has 2 rings (SSSR count). The van der Waals surface area contributed by atoms with Crippen LogP contribution in [0.3, 0.4) is 0 Å². The fourth-order valence-electron chi connectivity index (χ4n) is 2.53. The molecule has 1 fully saturated rings. The highest BCUT2D eigenvalue weighted by molar-refractivity contribution is 9.10. The Morgan fingerprint density at radius 3 is 2.56 bits per heavy atom. The Bertz CT molecular complexity index is 393. The first-order valence-electron chi connectivity index (χ1n) is 6.51. The van der Waals surface area contributed by atoms with E-state index in [0.29, 0.717) is 15.9 Å². The highest BCUT2D eigenvalue weighted by Gasteiger charge is 2.22. The molecule has 1 aromatic rings. The fraction of sp³-hybridized carbons (Fsp3) is 0.571. The lowest BCUT2D eigenvalue weighted by molar-refractivity contribution is 0.130. The molecular weight excluding hydrogens is 297 g/mol. The van der Waals surface area contributed by atoms with Crippen LogP contribution in [0.1, 0.15) is 39.0 Å². The van der Waals surface area contributed by atoms with Crippen LogP contribution < -0.4 is 10.5 Å². The Kier molecular flexibility index (Phi) is 4.49. The molecule has 1 aliphatic rings. The van der Waals surface area contributed by atoms with Gasteiger partial charge in [0.25, 0.3) is 0 Å². The normalized spacial score (nSPS) is 23.9. The predicted octanol–water partition coefficient (Wildman–Crippen LogP) is 4.52. The molecule has 2 nitrogen and oxygen atoms in total. The van der Waals surface area contributed by atoms with Crippen molar-refractivity contribution >= 4 is 21.6 Å². The van der Waals surface area contributed by atoms with E-state index in [4.69, 9.17) is 10.5 Å². The lowest BCUT2D eigenvalue weighted by atomic mass is 9.86. The summed E-state index contributed by atoms with van der Waals surface area (Å²) in [5.41, 5.74) is 6.16. The SMILES string of the molecule is CCC1CCC(Oc2c(N)cc(F)cc2Br)CC1. The molecule has 0 amide bonds. The minimum absolute atomic E-state index is 0.205. The van der Waals surface area contributed by atoms with Gasteiger partial charge in [0.05, 0.1) is 16.3 Å². The lowest BCUT2D eigenvalue weighted by Crippen LogP contribution is -2.24.